The molecule has 2 nitrogen and oxygen atoms in total. The van der Waals surface area contributed by atoms with Crippen LogP contribution in [0, 0.1) is 0 Å². The fourth-order valence-corrected chi connectivity index (χ4v) is 2.07. The van der Waals surface area contributed by atoms with E-state index in [0.29, 0.717) is 8.58 Å². The normalized spacial score (nSPS) is 11.0. The van der Waals surface area contributed by atoms with Gasteiger partial charge in [-0.2, -0.15) is 0 Å². The van der Waals surface area contributed by atoms with Crippen molar-refractivity contribution in [2.24, 2.45) is 0 Å². The lowest BCUT2D eigenvalue weighted by atomic mass is 10.2. The molecule has 2 rings (SSSR count). The summed E-state index contributed by atoms with van der Waals surface area (Å²) < 4.78 is 1.08. The van der Waals surface area contributed by atoms with E-state index in [1.807, 2.05) is 24.1 Å². The van der Waals surface area contributed by atoms with Gasteiger partial charge in [0.1, 0.15) is 5.57 Å². The van der Waals surface area contributed by atoms with Crippen LogP contribution < -0.4 is 5.57 Å². The minimum absolute atomic E-state index is 0.538. The van der Waals surface area contributed by atoms with Crippen LogP contribution in [0.1, 0.15) is 0 Å². The van der Waals surface area contributed by atoms with Crippen molar-refractivity contribution in [2.75, 3.05) is 0 Å². The van der Waals surface area contributed by atoms with Crippen LogP contribution in [-0.4, -0.2) is 9.97 Å². The van der Waals surface area contributed by atoms with Crippen molar-refractivity contribution in [3.63, 3.8) is 0 Å². The number of imidazole rings is 1. The number of hydrogen-bond donors (Lipinski definition) is 1. The van der Waals surface area contributed by atoms with E-state index in [1.54, 1.807) is 0 Å². The highest BCUT2D eigenvalue weighted by Gasteiger charge is 2.01. The van der Waals surface area contributed by atoms with Crippen LogP contribution in [0.4, 0.5) is 0 Å². The Morgan fingerprint density at radius 3 is 2.73 bits per heavy atom. The van der Waals surface area contributed by atoms with Gasteiger partial charge in [0.2, 0.25) is 0 Å². The van der Waals surface area contributed by atoms with Crippen molar-refractivity contribution in [1.29, 1.82) is 0 Å². The average Bonchev–Trinajstić information content (AvgIpc) is 2.68. The van der Waals surface area contributed by atoms with Crippen LogP contribution in [0.2, 0.25) is 0 Å². The molecule has 0 radical (unpaired) electrons. The Hall–Kier alpha value is -0.920. The number of benzene rings is 1. The molecule has 1 aromatic heterocycles. The lowest BCUT2D eigenvalue weighted by Gasteiger charge is -1.96. The van der Waals surface area contributed by atoms with Gasteiger partial charge in [-0.05, 0) is 26.3 Å². The molecular weight excluding hydrogens is 271 g/mol. The Morgan fingerprint density at radius 1 is 1.33 bits per heavy atom. The van der Waals surface area contributed by atoms with Gasteiger partial charge in [0.25, 0.3) is 0 Å². The zero-order valence-electron chi connectivity index (χ0n) is 8.00. The number of halogens is 1. The summed E-state index contributed by atoms with van der Waals surface area (Å²) in [7, 11) is 0.538. The molecule has 0 saturated carbocycles. The zero-order valence-corrected chi connectivity index (χ0v) is 10.6. The number of nitrogens with zero attached hydrogens (tertiary/aromatic N) is 1. The van der Waals surface area contributed by atoms with Crippen LogP contribution in [-0.2, 0) is 0 Å². The minimum atomic E-state index is 0.538. The summed E-state index contributed by atoms with van der Waals surface area (Å²) in [4.78, 5) is 7.54. The second kappa shape index (κ2) is 4.73. The topological polar surface area (TPSA) is 28.7 Å². The molecule has 0 aliphatic carbocycles. The molecule has 1 atom stereocenters. The molecular formula is C11H10BrN2P. The number of aromatic amines is 1. The smallest absolute Gasteiger partial charge is 0.130 e. The highest BCUT2D eigenvalue weighted by atomic mass is 79.9. The first kappa shape index (κ1) is 10.6. The first-order valence-electron chi connectivity index (χ1n) is 4.48. The molecule has 0 fully saturated rings. The van der Waals surface area contributed by atoms with Gasteiger partial charge in [-0.15, -0.1) is 0 Å². The number of H-pyrrole nitrogens is 1. The standard InChI is InChI=1S/C11H10BrN2P/c1-2-15-11-13-7-10(14-11)8-3-5-9(12)6-4-8/h2-7,15H,1H2,(H,13,14). The highest BCUT2D eigenvalue weighted by molar-refractivity contribution is 9.10. The fourth-order valence-electron chi connectivity index (χ4n) is 1.27. The molecule has 0 aliphatic rings. The Kier molecular flexibility index (Phi) is 3.34. The first-order chi connectivity index (χ1) is 7.29. The maximum Gasteiger partial charge on any atom is 0.130 e. The monoisotopic (exact) mass is 280 g/mol. The number of nitrogens with one attached hydrogen (secondary N) is 1. The van der Waals surface area contributed by atoms with Crippen LogP contribution in [0.5, 0.6) is 0 Å². The molecule has 1 aromatic carbocycles. The largest absolute Gasteiger partial charge is 0.338 e. The van der Waals surface area contributed by atoms with Gasteiger partial charge in [-0.25, -0.2) is 4.98 Å². The molecule has 4 heteroatoms. The van der Waals surface area contributed by atoms with E-state index in [4.69, 9.17) is 0 Å². The van der Waals surface area contributed by atoms with Crippen molar-refractivity contribution in [3.8, 4) is 11.3 Å². The summed E-state index contributed by atoms with van der Waals surface area (Å²) in [5.74, 6) is 1.87. The maximum atomic E-state index is 4.28. The molecule has 1 N–H and O–H groups in total. The van der Waals surface area contributed by atoms with E-state index < -0.39 is 0 Å². The molecule has 0 saturated heterocycles. The Balaban J connectivity index is 2.28. The van der Waals surface area contributed by atoms with E-state index in [9.17, 15) is 0 Å². The third-order valence-electron chi connectivity index (χ3n) is 1.97. The second-order valence-electron chi connectivity index (χ2n) is 3.00. The first-order valence-corrected chi connectivity index (χ1v) is 6.35. The second-order valence-corrected chi connectivity index (χ2v) is 5.09. The number of rotatable bonds is 3. The summed E-state index contributed by atoms with van der Waals surface area (Å²) in [5, 5.41) is 0. The van der Waals surface area contributed by atoms with E-state index in [-0.39, 0.29) is 0 Å². The van der Waals surface area contributed by atoms with Gasteiger partial charge in [0.05, 0.1) is 11.9 Å². The van der Waals surface area contributed by atoms with E-state index in [2.05, 4.69) is 44.6 Å². The van der Waals surface area contributed by atoms with Crippen LogP contribution in [0.3, 0.4) is 0 Å². The molecule has 2 aromatic rings. The molecule has 0 bridgehead atoms. The molecule has 1 unspecified atom stereocenters. The van der Waals surface area contributed by atoms with Crippen molar-refractivity contribution >= 4 is 30.1 Å². The Bertz CT molecular complexity index is 462. The molecule has 0 spiro atoms. The molecule has 0 amide bonds. The molecule has 15 heavy (non-hydrogen) atoms. The van der Waals surface area contributed by atoms with E-state index in [1.165, 1.54) is 0 Å². The summed E-state index contributed by atoms with van der Waals surface area (Å²) in [6, 6.07) is 8.15. The van der Waals surface area contributed by atoms with Gasteiger partial charge in [0, 0.05) is 4.47 Å². The molecule has 76 valence electrons. The summed E-state index contributed by atoms with van der Waals surface area (Å²) in [5.41, 5.74) is 3.17. The SMILES string of the molecule is C=CPc1ncc(-c2ccc(Br)cc2)[nH]1. The van der Waals surface area contributed by atoms with Gasteiger partial charge >= 0.3 is 0 Å². The number of aromatic nitrogens is 2. The summed E-state index contributed by atoms with van der Waals surface area (Å²) >= 11 is 3.41. The third kappa shape index (κ3) is 2.55. The van der Waals surface area contributed by atoms with Crippen molar-refractivity contribution in [2.45, 2.75) is 0 Å². The predicted molar refractivity (Wildman–Crippen MR) is 69.9 cm³/mol. The highest BCUT2D eigenvalue weighted by Crippen LogP contribution is 2.20. The zero-order chi connectivity index (χ0) is 10.7. The quantitative estimate of drug-likeness (QED) is 0.859. The Morgan fingerprint density at radius 2 is 2.07 bits per heavy atom. The van der Waals surface area contributed by atoms with Crippen molar-refractivity contribution in [3.05, 3.63) is 47.3 Å². The van der Waals surface area contributed by atoms with E-state index >= 15 is 0 Å². The van der Waals surface area contributed by atoms with Gasteiger partial charge < -0.3 is 4.98 Å². The van der Waals surface area contributed by atoms with Gasteiger partial charge in [0.15, 0.2) is 0 Å². The van der Waals surface area contributed by atoms with Crippen molar-refractivity contribution < 1.29 is 0 Å². The van der Waals surface area contributed by atoms with Crippen LogP contribution in [0.25, 0.3) is 11.3 Å². The number of hydrogen-bond acceptors (Lipinski definition) is 1. The van der Waals surface area contributed by atoms with Gasteiger partial charge in [-0.1, -0.05) is 40.5 Å². The van der Waals surface area contributed by atoms with Crippen LogP contribution >= 0.6 is 24.5 Å². The summed E-state index contributed by atoms with van der Waals surface area (Å²) in [6.07, 6.45) is 1.86. The van der Waals surface area contributed by atoms with Crippen LogP contribution in [0.15, 0.2) is 47.3 Å². The van der Waals surface area contributed by atoms with E-state index in [0.717, 1.165) is 21.3 Å². The fraction of sp³-hybridized carbons (Fsp3) is 0. The third-order valence-corrected chi connectivity index (χ3v) is 3.23. The average molecular weight is 281 g/mol. The lowest BCUT2D eigenvalue weighted by molar-refractivity contribution is 1.41. The van der Waals surface area contributed by atoms with Crippen molar-refractivity contribution in [1.82, 2.24) is 9.97 Å². The molecule has 0 aliphatic heterocycles. The molecule has 1 heterocycles. The predicted octanol–water partition coefficient (Wildman–Crippen LogP) is 3.29. The maximum absolute atomic E-state index is 4.28. The Labute approximate surface area is 98.7 Å². The lowest BCUT2D eigenvalue weighted by Crippen LogP contribution is -1.96. The minimum Gasteiger partial charge on any atom is -0.338 e. The summed E-state index contributed by atoms with van der Waals surface area (Å²) in [6.45, 7) is 3.70. The van der Waals surface area contributed by atoms with Gasteiger partial charge in [-0.3, -0.25) is 0 Å².